The van der Waals surface area contributed by atoms with Gasteiger partial charge in [0.25, 0.3) is 0 Å². The molecule has 0 aliphatic carbocycles. The Hall–Kier alpha value is -2.37. The van der Waals surface area contributed by atoms with E-state index in [1.165, 1.54) is 0 Å². The first kappa shape index (κ1) is 18.0. The van der Waals surface area contributed by atoms with Gasteiger partial charge in [-0.3, -0.25) is 14.4 Å². The molecule has 0 radical (unpaired) electrons. The number of rotatable bonds is 6. The normalized spacial score (nSPS) is 15.5. The van der Waals surface area contributed by atoms with Gasteiger partial charge in [-0.15, -0.1) is 0 Å². The van der Waals surface area contributed by atoms with Crippen molar-refractivity contribution in [2.45, 2.75) is 44.9 Å². The zero-order chi connectivity index (χ0) is 17.4. The van der Waals surface area contributed by atoms with Gasteiger partial charge in [-0.2, -0.15) is 0 Å². The fourth-order valence-corrected chi connectivity index (χ4v) is 2.76. The summed E-state index contributed by atoms with van der Waals surface area (Å²) in [5.41, 5.74) is 1.56. The third-order valence-corrected chi connectivity index (χ3v) is 4.12. The van der Waals surface area contributed by atoms with Crippen molar-refractivity contribution in [1.82, 2.24) is 4.90 Å². The highest BCUT2D eigenvalue weighted by molar-refractivity contribution is 5.94. The molecule has 24 heavy (non-hydrogen) atoms. The van der Waals surface area contributed by atoms with Crippen LogP contribution < -0.4 is 5.32 Å². The molecule has 0 saturated carbocycles. The molecule has 6 heteroatoms. The molecule has 0 atom stereocenters. The molecule has 1 heterocycles. The van der Waals surface area contributed by atoms with Gasteiger partial charge in [-0.05, 0) is 37.0 Å². The number of hydrogen-bond acceptors (Lipinski definition) is 3. The number of carboxylic acid groups (broad SMARTS) is 1. The number of aliphatic carboxylic acids is 1. The minimum absolute atomic E-state index is 0.0499. The summed E-state index contributed by atoms with van der Waals surface area (Å²) >= 11 is 0. The topological polar surface area (TPSA) is 86.7 Å². The summed E-state index contributed by atoms with van der Waals surface area (Å²) in [6.07, 6.45) is 5.09. The molecule has 2 amide bonds. The first-order valence-corrected chi connectivity index (χ1v) is 8.43. The highest BCUT2D eigenvalue weighted by Gasteiger charge is 2.18. The zero-order valence-electron chi connectivity index (χ0n) is 13.8. The van der Waals surface area contributed by atoms with E-state index in [4.69, 9.17) is 5.11 Å². The Kier molecular flexibility index (Phi) is 6.78. The Labute approximate surface area is 141 Å². The van der Waals surface area contributed by atoms with Crippen LogP contribution in [0.3, 0.4) is 0 Å². The van der Waals surface area contributed by atoms with Gasteiger partial charge in [-0.1, -0.05) is 25.0 Å². The Bertz CT molecular complexity index is 583. The molecule has 6 nitrogen and oxygen atoms in total. The minimum Gasteiger partial charge on any atom is -0.481 e. The van der Waals surface area contributed by atoms with Crippen LogP contribution >= 0.6 is 0 Å². The maximum Gasteiger partial charge on any atom is 0.303 e. The van der Waals surface area contributed by atoms with Crippen LogP contribution in [0.4, 0.5) is 5.69 Å². The van der Waals surface area contributed by atoms with Crippen LogP contribution in [0.15, 0.2) is 24.3 Å². The van der Waals surface area contributed by atoms with Crippen molar-refractivity contribution < 1.29 is 19.5 Å². The van der Waals surface area contributed by atoms with Crippen LogP contribution in [0.1, 0.15) is 44.1 Å². The van der Waals surface area contributed by atoms with Crippen LogP contribution in [-0.4, -0.2) is 40.9 Å². The Balaban J connectivity index is 1.84. The van der Waals surface area contributed by atoms with Gasteiger partial charge in [0.15, 0.2) is 0 Å². The molecule has 130 valence electrons. The van der Waals surface area contributed by atoms with Crippen molar-refractivity contribution in [2.75, 3.05) is 18.4 Å². The molecular weight excluding hydrogens is 308 g/mol. The summed E-state index contributed by atoms with van der Waals surface area (Å²) in [5.74, 6) is -0.985. The molecule has 0 aromatic heterocycles. The predicted molar refractivity (Wildman–Crippen MR) is 90.7 cm³/mol. The van der Waals surface area contributed by atoms with Crippen LogP contribution in [0, 0.1) is 0 Å². The van der Waals surface area contributed by atoms with E-state index in [2.05, 4.69) is 5.32 Å². The molecule has 1 aromatic rings. The summed E-state index contributed by atoms with van der Waals surface area (Å²) in [5, 5.41) is 11.5. The molecule has 1 aliphatic heterocycles. The maximum absolute atomic E-state index is 12.1. The highest BCUT2D eigenvalue weighted by Crippen LogP contribution is 2.13. The van der Waals surface area contributed by atoms with E-state index >= 15 is 0 Å². The third kappa shape index (κ3) is 6.02. The van der Waals surface area contributed by atoms with Gasteiger partial charge >= 0.3 is 5.97 Å². The number of carbonyl (C=O) groups excluding carboxylic acids is 2. The minimum atomic E-state index is -0.828. The number of likely N-dealkylation sites (tertiary alicyclic amines) is 1. The second-order valence-corrected chi connectivity index (χ2v) is 6.12. The number of nitrogens with zero attached hydrogens (tertiary/aromatic N) is 1. The molecule has 0 bridgehead atoms. The zero-order valence-corrected chi connectivity index (χ0v) is 13.8. The second-order valence-electron chi connectivity index (χ2n) is 6.12. The van der Waals surface area contributed by atoms with E-state index in [0.717, 1.165) is 31.2 Å². The number of amides is 2. The lowest BCUT2D eigenvalue weighted by atomic mass is 10.1. The van der Waals surface area contributed by atoms with Gasteiger partial charge in [0.05, 0.1) is 6.54 Å². The van der Waals surface area contributed by atoms with E-state index in [0.29, 0.717) is 25.1 Å². The summed E-state index contributed by atoms with van der Waals surface area (Å²) in [6.45, 7) is 0.722. The molecule has 1 aromatic carbocycles. The summed E-state index contributed by atoms with van der Waals surface area (Å²) < 4.78 is 0. The van der Waals surface area contributed by atoms with Gasteiger partial charge in [0, 0.05) is 25.1 Å². The standard InChI is InChI=1S/C18H24N2O4/c21-16(13-20-12-4-2-1-3-5-17(20)22)19-15-9-6-14(7-10-15)8-11-18(23)24/h6-7,9-10H,1-5,8,11-13H2,(H,19,21)(H,23,24). The monoisotopic (exact) mass is 332 g/mol. The lowest BCUT2D eigenvalue weighted by molar-refractivity contribution is -0.137. The van der Waals surface area contributed by atoms with E-state index < -0.39 is 5.97 Å². The second kappa shape index (κ2) is 9.05. The molecule has 1 saturated heterocycles. The van der Waals surface area contributed by atoms with Gasteiger partial charge in [0.1, 0.15) is 0 Å². The molecule has 1 aliphatic rings. The Morgan fingerprint density at radius 1 is 1.08 bits per heavy atom. The van der Waals surface area contributed by atoms with Crippen molar-refractivity contribution >= 4 is 23.5 Å². The largest absolute Gasteiger partial charge is 0.481 e. The Morgan fingerprint density at radius 2 is 1.79 bits per heavy atom. The molecule has 2 N–H and O–H groups in total. The van der Waals surface area contributed by atoms with E-state index in [-0.39, 0.29) is 24.8 Å². The maximum atomic E-state index is 12.1. The lowest BCUT2D eigenvalue weighted by Crippen LogP contribution is -2.39. The van der Waals surface area contributed by atoms with Crippen LogP contribution in [0.5, 0.6) is 0 Å². The molecule has 0 unspecified atom stereocenters. The average molecular weight is 332 g/mol. The fraction of sp³-hybridized carbons (Fsp3) is 0.500. The third-order valence-electron chi connectivity index (χ3n) is 4.12. The fourth-order valence-electron chi connectivity index (χ4n) is 2.76. The van der Waals surface area contributed by atoms with Crippen molar-refractivity contribution in [1.29, 1.82) is 0 Å². The number of aryl methyl sites for hydroxylation is 1. The predicted octanol–water partition coefficient (Wildman–Crippen LogP) is 2.44. The average Bonchev–Trinajstić information content (AvgIpc) is 2.54. The van der Waals surface area contributed by atoms with Crippen molar-refractivity contribution in [3.8, 4) is 0 Å². The van der Waals surface area contributed by atoms with Crippen molar-refractivity contribution in [3.63, 3.8) is 0 Å². The number of benzene rings is 1. The Morgan fingerprint density at radius 3 is 2.50 bits per heavy atom. The van der Waals surface area contributed by atoms with Gasteiger partial charge in [0.2, 0.25) is 11.8 Å². The van der Waals surface area contributed by atoms with Crippen molar-refractivity contribution in [3.05, 3.63) is 29.8 Å². The SMILES string of the molecule is O=C(O)CCc1ccc(NC(=O)CN2CCCCCCC2=O)cc1. The first-order chi connectivity index (χ1) is 11.5. The van der Waals surface area contributed by atoms with Crippen LogP contribution in [0.25, 0.3) is 0 Å². The smallest absolute Gasteiger partial charge is 0.303 e. The quantitative estimate of drug-likeness (QED) is 0.837. The van der Waals surface area contributed by atoms with Crippen LogP contribution in [-0.2, 0) is 20.8 Å². The van der Waals surface area contributed by atoms with Gasteiger partial charge in [-0.25, -0.2) is 0 Å². The highest BCUT2D eigenvalue weighted by atomic mass is 16.4. The first-order valence-electron chi connectivity index (χ1n) is 8.43. The van der Waals surface area contributed by atoms with E-state index in [1.807, 2.05) is 0 Å². The number of carboxylic acids is 1. The summed E-state index contributed by atoms with van der Waals surface area (Å²) in [6, 6.07) is 7.12. The molecule has 1 fully saturated rings. The van der Waals surface area contributed by atoms with E-state index in [9.17, 15) is 14.4 Å². The number of hydrogen-bond donors (Lipinski definition) is 2. The lowest BCUT2D eigenvalue weighted by Gasteiger charge is -2.24. The number of carbonyl (C=O) groups is 3. The molecule has 0 spiro atoms. The van der Waals surface area contributed by atoms with Crippen LogP contribution in [0.2, 0.25) is 0 Å². The molecule has 2 rings (SSSR count). The van der Waals surface area contributed by atoms with E-state index in [1.54, 1.807) is 29.2 Å². The van der Waals surface area contributed by atoms with Gasteiger partial charge < -0.3 is 15.3 Å². The van der Waals surface area contributed by atoms with Crippen molar-refractivity contribution in [2.24, 2.45) is 0 Å². The number of nitrogens with one attached hydrogen (secondary N) is 1. The molecular formula is C18H24N2O4. The number of anilines is 1. The summed E-state index contributed by atoms with van der Waals surface area (Å²) in [7, 11) is 0. The summed E-state index contributed by atoms with van der Waals surface area (Å²) in [4.78, 5) is 36.4.